The first-order valence-corrected chi connectivity index (χ1v) is 12.2. The molecule has 14 nitrogen and oxygen atoms in total. The van der Waals surface area contributed by atoms with Crippen LogP contribution < -0.4 is 5.43 Å². The van der Waals surface area contributed by atoms with E-state index in [9.17, 15) is 30.3 Å². The zero-order chi connectivity index (χ0) is 28.1. The van der Waals surface area contributed by atoms with E-state index in [1.54, 1.807) is 18.2 Å². The molecule has 39 heavy (non-hydrogen) atoms. The summed E-state index contributed by atoms with van der Waals surface area (Å²) in [5, 5.41) is 47.3. The van der Waals surface area contributed by atoms with Gasteiger partial charge in [-0.2, -0.15) is 5.10 Å². The summed E-state index contributed by atoms with van der Waals surface area (Å²) in [6.07, 6.45) is 1.25. The van der Waals surface area contributed by atoms with E-state index >= 15 is 0 Å². The van der Waals surface area contributed by atoms with Crippen LogP contribution in [-0.4, -0.2) is 35.7 Å². The number of nitro groups is 3. The molecule has 1 heterocycles. The Morgan fingerprint density at radius 1 is 0.974 bits per heavy atom. The van der Waals surface area contributed by atoms with Crippen molar-refractivity contribution in [3.63, 3.8) is 0 Å². The first kappa shape index (κ1) is 27.2. The van der Waals surface area contributed by atoms with Gasteiger partial charge in [-0.25, -0.2) is 0 Å². The Balaban J connectivity index is 1.66. The fourth-order valence-electron chi connectivity index (χ4n) is 3.48. The van der Waals surface area contributed by atoms with Gasteiger partial charge in [-0.15, -0.1) is 10.2 Å². The van der Waals surface area contributed by atoms with E-state index in [0.29, 0.717) is 33.0 Å². The van der Waals surface area contributed by atoms with Crippen LogP contribution in [-0.2, 0) is 6.54 Å². The number of hydrogen-bond donors (Lipinski definition) is 1. The number of nitrogens with zero attached hydrogens (tertiary/aromatic N) is 7. The van der Waals surface area contributed by atoms with E-state index < -0.39 is 26.1 Å². The molecule has 0 radical (unpaired) electrons. The van der Waals surface area contributed by atoms with Gasteiger partial charge in [-0.3, -0.25) is 35.8 Å². The minimum absolute atomic E-state index is 0.0987. The third kappa shape index (κ3) is 6.16. The molecule has 16 heteroatoms. The summed E-state index contributed by atoms with van der Waals surface area (Å²) in [6, 6.07) is 14.4. The Hall–Kier alpha value is -4.89. The zero-order valence-corrected chi connectivity index (χ0v) is 21.5. The molecule has 4 rings (SSSR count). The molecule has 0 aliphatic carbocycles. The SMILES string of the molecule is CCn1c(Sc2ccc([N+](=O)[O-])cc2/C=N\Nc2ccc([N+](=O)[O-])cc2[N+](=O)[O-])nnc1-c1cccc(Cl)c1. The molecule has 3 aromatic carbocycles. The lowest BCUT2D eigenvalue weighted by atomic mass is 10.2. The van der Waals surface area contributed by atoms with Gasteiger partial charge in [0.15, 0.2) is 11.0 Å². The van der Waals surface area contributed by atoms with Gasteiger partial charge in [0.1, 0.15) is 5.69 Å². The fourth-order valence-corrected chi connectivity index (χ4v) is 4.64. The monoisotopic (exact) mass is 568 g/mol. The van der Waals surface area contributed by atoms with E-state index in [4.69, 9.17) is 11.6 Å². The number of nitrogens with one attached hydrogen (secondary N) is 1. The number of aromatic nitrogens is 3. The summed E-state index contributed by atoms with van der Waals surface area (Å²) >= 11 is 7.32. The van der Waals surface area contributed by atoms with Gasteiger partial charge in [0.2, 0.25) is 0 Å². The third-order valence-corrected chi connectivity index (χ3v) is 6.61. The van der Waals surface area contributed by atoms with Crippen molar-refractivity contribution >= 4 is 52.3 Å². The number of hydrogen-bond acceptors (Lipinski definition) is 11. The van der Waals surface area contributed by atoms with Crippen molar-refractivity contribution < 1.29 is 14.8 Å². The minimum Gasteiger partial charge on any atom is -0.302 e. The molecule has 198 valence electrons. The standard InChI is InChI=1S/C23H17ClN8O6S/c1-2-29-22(14-4-3-5-16(24)10-14)27-28-23(29)39-21-9-7-17(30(33)34)11-15(21)13-25-26-19-8-6-18(31(35)36)12-20(19)32(37)38/h3-13,26H,2H2,1H3/b25-13-. The second kappa shape index (κ2) is 11.7. The molecule has 0 saturated carbocycles. The second-order valence-electron chi connectivity index (χ2n) is 7.73. The smallest absolute Gasteiger partial charge is 0.301 e. The Morgan fingerprint density at radius 3 is 2.36 bits per heavy atom. The Bertz CT molecular complexity index is 1630. The normalized spacial score (nSPS) is 11.0. The van der Waals surface area contributed by atoms with Crippen LogP contribution in [0.2, 0.25) is 5.02 Å². The molecule has 0 unspecified atom stereocenters. The van der Waals surface area contributed by atoms with Crippen LogP contribution in [0.1, 0.15) is 12.5 Å². The highest BCUT2D eigenvalue weighted by Crippen LogP contribution is 2.34. The van der Waals surface area contributed by atoms with Gasteiger partial charge < -0.3 is 4.57 Å². The number of halogens is 1. The van der Waals surface area contributed by atoms with Crippen LogP contribution in [0.15, 0.2) is 75.8 Å². The molecule has 1 aromatic heterocycles. The van der Waals surface area contributed by atoms with Crippen LogP contribution in [0.5, 0.6) is 0 Å². The van der Waals surface area contributed by atoms with E-state index in [1.807, 2.05) is 17.6 Å². The van der Waals surface area contributed by atoms with Crippen molar-refractivity contribution in [1.29, 1.82) is 0 Å². The number of nitro benzene ring substituents is 3. The second-order valence-corrected chi connectivity index (χ2v) is 9.17. The van der Waals surface area contributed by atoms with Gasteiger partial charge in [0.05, 0.1) is 27.1 Å². The highest BCUT2D eigenvalue weighted by molar-refractivity contribution is 7.99. The molecular weight excluding hydrogens is 552 g/mol. The van der Waals surface area contributed by atoms with Crippen molar-refractivity contribution in [1.82, 2.24) is 14.8 Å². The topological polar surface area (TPSA) is 185 Å². The van der Waals surface area contributed by atoms with Crippen molar-refractivity contribution in [3.8, 4) is 11.4 Å². The van der Waals surface area contributed by atoms with Crippen LogP contribution in [0.25, 0.3) is 11.4 Å². The number of anilines is 1. The van der Waals surface area contributed by atoms with Crippen molar-refractivity contribution in [2.24, 2.45) is 5.10 Å². The van der Waals surface area contributed by atoms with Crippen molar-refractivity contribution in [2.75, 3.05) is 5.43 Å². The maximum absolute atomic E-state index is 11.4. The first-order chi connectivity index (χ1) is 18.7. The summed E-state index contributed by atoms with van der Waals surface area (Å²) in [5.41, 5.74) is 2.27. The Morgan fingerprint density at radius 2 is 1.69 bits per heavy atom. The highest BCUT2D eigenvalue weighted by Gasteiger charge is 2.20. The maximum Gasteiger partial charge on any atom is 0.301 e. The predicted octanol–water partition coefficient (Wildman–Crippen LogP) is 5.94. The largest absolute Gasteiger partial charge is 0.302 e. The van der Waals surface area contributed by atoms with Crippen molar-refractivity contribution in [2.45, 2.75) is 23.5 Å². The quantitative estimate of drug-likeness (QED) is 0.136. The van der Waals surface area contributed by atoms with E-state index in [-0.39, 0.29) is 11.4 Å². The Kier molecular flexibility index (Phi) is 8.12. The number of benzene rings is 3. The van der Waals surface area contributed by atoms with E-state index in [0.717, 1.165) is 23.8 Å². The molecule has 0 spiro atoms. The lowest BCUT2D eigenvalue weighted by Gasteiger charge is -2.09. The summed E-state index contributed by atoms with van der Waals surface area (Å²) in [6.45, 7) is 2.44. The van der Waals surface area contributed by atoms with Crippen molar-refractivity contribution in [3.05, 3.63) is 102 Å². The Labute approximate surface area is 228 Å². The average molecular weight is 569 g/mol. The molecule has 0 aliphatic heterocycles. The summed E-state index contributed by atoms with van der Waals surface area (Å²) in [7, 11) is 0. The van der Waals surface area contributed by atoms with Gasteiger partial charge >= 0.3 is 5.69 Å². The first-order valence-electron chi connectivity index (χ1n) is 11.0. The van der Waals surface area contributed by atoms with Crippen LogP contribution in [0, 0.1) is 30.3 Å². The van der Waals surface area contributed by atoms with Gasteiger partial charge in [0, 0.05) is 45.8 Å². The van der Waals surface area contributed by atoms with Gasteiger partial charge in [-0.05, 0) is 43.0 Å². The molecule has 0 fully saturated rings. The molecule has 0 bridgehead atoms. The lowest BCUT2D eigenvalue weighted by Crippen LogP contribution is -2.01. The van der Waals surface area contributed by atoms with Crippen LogP contribution in [0.4, 0.5) is 22.7 Å². The van der Waals surface area contributed by atoms with Crippen LogP contribution in [0.3, 0.4) is 0 Å². The summed E-state index contributed by atoms with van der Waals surface area (Å²) in [5.74, 6) is 0.590. The summed E-state index contributed by atoms with van der Waals surface area (Å²) in [4.78, 5) is 32.2. The number of hydrazone groups is 1. The molecule has 4 aromatic rings. The molecule has 0 amide bonds. The fraction of sp³-hybridized carbons (Fsp3) is 0.0870. The number of rotatable bonds is 10. The molecule has 0 aliphatic rings. The van der Waals surface area contributed by atoms with E-state index in [2.05, 4.69) is 20.7 Å². The molecular formula is C23H17ClN8O6S. The zero-order valence-electron chi connectivity index (χ0n) is 19.9. The van der Waals surface area contributed by atoms with E-state index in [1.165, 1.54) is 36.2 Å². The minimum atomic E-state index is -0.783. The third-order valence-electron chi connectivity index (χ3n) is 5.30. The highest BCUT2D eigenvalue weighted by atomic mass is 35.5. The molecule has 0 saturated heterocycles. The number of non-ortho nitro benzene ring substituents is 2. The summed E-state index contributed by atoms with van der Waals surface area (Å²) < 4.78 is 1.86. The molecule has 0 atom stereocenters. The van der Waals surface area contributed by atoms with Gasteiger partial charge in [-0.1, -0.05) is 23.7 Å². The molecule has 1 N–H and O–H groups in total. The van der Waals surface area contributed by atoms with Crippen LogP contribution >= 0.6 is 23.4 Å². The van der Waals surface area contributed by atoms with Gasteiger partial charge in [0.25, 0.3) is 11.4 Å². The average Bonchev–Trinajstić information content (AvgIpc) is 3.31. The predicted molar refractivity (Wildman–Crippen MR) is 144 cm³/mol. The maximum atomic E-state index is 11.4. The lowest BCUT2D eigenvalue weighted by molar-refractivity contribution is -0.393.